The Morgan fingerprint density at radius 1 is 1.35 bits per heavy atom. The summed E-state index contributed by atoms with van der Waals surface area (Å²) >= 11 is 0. The van der Waals surface area contributed by atoms with Crippen molar-refractivity contribution < 1.29 is 18.6 Å². The molecule has 0 N–H and O–H groups in total. The second kappa shape index (κ2) is 6.18. The van der Waals surface area contributed by atoms with Gasteiger partial charge in [0.2, 0.25) is 0 Å². The summed E-state index contributed by atoms with van der Waals surface area (Å²) in [6, 6.07) is 4.53. The van der Waals surface area contributed by atoms with Gasteiger partial charge in [-0.25, -0.2) is 4.39 Å². The number of halogens is 1. The average molecular weight is 239 g/mol. The van der Waals surface area contributed by atoms with Crippen LogP contribution < -0.4 is 4.74 Å². The molecular formula is C12H14FNO3. The summed E-state index contributed by atoms with van der Waals surface area (Å²) < 4.78 is 28.7. The molecule has 0 heterocycles. The number of rotatable bonds is 5. The van der Waals surface area contributed by atoms with E-state index >= 15 is 0 Å². The minimum atomic E-state index is -0.611. The predicted molar refractivity (Wildman–Crippen MR) is 59.3 cm³/mol. The standard InChI is InChI=1S/C12H14FNO3/c1-15-7-11(16-2)8-4-5-10(13)9(6-14)12(8)17-3/h4-5,11H,7H2,1-3H3. The van der Waals surface area contributed by atoms with Crippen LogP contribution in [0.4, 0.5) is 4.39 Å². The summed E-state index contributed by atoms with van der Waals surface area (Å²) in [6.45, 7) is 0.295. The van der Waals surface area contributed by atoms with Gasteiger partial charge in [-0.3, -0.25) is 0 Å². The average Bonchev–Trinajstić information content (AvgIpc) is 2.35. The van der Waals surface area contributed by atoms with Crippen LogP contribution in [0.2, 0.25) is 0 Å². The van der Waals surface area contributed by atoms with E-state index in [2.05, 4.69) is 0 Å². The van der Waals surface area contributed by atoms with E-state index in [0.717, 1.165) is 0 Å². The lowest BCUT2D eigenvalue weighted by Gasteiger charge is -2.18. The van der Waals surface area contributed by atoms with Gasteiger partial charge in [-0.1, -0.05) is 0 Å². The molecular weight excluding hydrogens is 225 g/mol. The van der Waals surface area contributed by atoms with Gasteiger partial charge in [0.15, 0.2) is 0 Å². The SMILES string of the molecule is COCC(OC)c1ccc(F)c(C#N)c1OC. The Bertz CT molecular complexity index is 428. The van der Waals surface area contributed by atoms with Crippen LogP contribution in [-0.4, -0.2) is 27.9 Å². The first-order valence-electron chi connectivity index (χ1n) is 4.97. The molecule has 0 aromatic heterocycles. The zero-order chi connectivity index (χ0) is 12.8. The predicted octanol–water partition coefficient (Wildman–Crippen LogP) is 2.04. The fraction of sp³-hybridized carbons (Fsp3) is 0.417. The Labute approximate surface area is 99.5 Å². The quantitative estimate of drug-likeness (QED) is 0.789. The molecule has 92 valence electrons. The number of benzene rings is 1. The third-order valence-corrected chi connectivity index (χ3v) is 2.40. The van der Waals surface area contributed by atoms with E-state index in [0.29, 0.717) is 12.2 Å². The molecule has 0 saturated carbocycles. The normalized spacial score (nSPS) is 11.9. The van der Waals surface area contributed by atoms with Crippen molar-refractivity contribution in [2.45, 2.75) is 6.10 Å². The summed E-state index contributed by atoms with van der Waals surface area (Å²) in [5.74, 6) is -0.420. The van der Waals surface area contributed by atoms with Crippen LogP contribution in [-0.2, 0) is 9.47 Å². The third-order valence-electron chi connectivity index (χ3n) is 2.40. The minimum absolute atomic E-state index is 0.122. The van der Waals surface area contributed by atoms with Crippen molar-refractivity contribution in [3.05, 3.63) is 29.1 Å². The first-order chi connectivity index (χ1) is 8.19. The zero-order valence-corrected chi connectivity index (χ0v) is 9.99. The lowest BCUT2D eigenvalue weighted by molar-refractivity contribution is 0.0260. The minimum Gasteiger partial charge on any atom is -0.495 e. The van der Waals surface area contributed by atoms with Crippen LogP contribution in [0.15, 0.2) is 12.1 Å². The smallest absolute Gasteiger partial charge is 0.145 e. The van der Waals surface area contributed by atoms with E-state index in [1.165, 1.54) is 33.5 Å². The van der Waals surface area contributed by atoms with Crippen molar-refractivity contribution in [3.8, 4) is 11.8 Å². The van der Waals surface area contributed by atoms with Gasteiger partial charge in [0.1, 0.15) is 29.3 Å². The molecule has 1 rings (SSSR count). The van der Waals surface area contributed by atoms with E-state index in [4.69, 9.17) is 19.5 Å². The van der Waals surface area contributed by atoms with E-state index < -0.39 is 11.9 Å². The summed E-state index contributed by atoms with van der Waals surface area (Å²) in [4.78, 5) is 0. The van der Waals surface area contributed by atoms with E-state index in [1.54, 1.807) is 6.07 Å². The molecule has 1 atom stereocenters. The van der Waals surface area contributed by atoms with Crippen molar-refractivity contribution in [3.63, 3.8) is 0 Å². The number of methoxy groups -OCH3 is 3. The van der Waals surface area contributed by atoms with Crippen LogP contribution >= 0.6 is 0 Å². The van der Waals surface area contributed by atoms with Gasteiger partial charge in [0.25, 0.3) is 0 Å². The lowest BCUT2D eigenvalue weighted by Crippen LogP contribution is -2.11. The molecule has 17 heavy (non-hydrogen) atoms. The summed E-state index contributed by atoms with van der Waals surface area (Å²) in [5, 5.41) is 8.90. The van der Waals surface area contributed by atoms with Gasteiger partial charge in [0, 0.05) is 19.8 Å². The summed E-state index contributed by atoms with van der Waals surface area (Å²) in [6.07, 6.45) is -0.400. The Hall–Kier alpha value is -1.64. The van der Waals surface area contributed by atoms with Crippen LogP contribution in [0, 0.1) is 17.1 Å². The number of hydrogen-bond donors (Lipinski definition) is 0. The van der Waals surface area contributed by atoms with E-state index in [1.807, 2.05) is 0 Å². The molecule has 0 radical (unpaired) electrons. The van der Waals surface area contributed by atoms with Crippen LogP contribution in [0.3, 0.4) is 0 Å². The zero-order valence-electron chi connectivity index (χ0n) is 9.99. The van der Waals surface area contributed by atoms with Crippen molar-refractivity contribution in [1.29, 1.82) is 5.26 Å². The van der Waals surface area contributed by atoms with Crippen molar-refractivity contribution in [2.75, 3.05) is 27.9 Å². The maximum absolute atomic E-state index is 13.4. The number of nitrogens with zero attached hydrogens (tertiary/aromatic N) is 1. The molecule has 1 unspecified atom stereocenters. The summed E-state index contributed by atoms with van der Waals surface area (Å²) in [7, 11) is 4.43. The molecule has 0 amide bonds. The highest BCUT2D eigenvalue weighted by molar-refractivity contribution is 5.50. The van der Waals surface area contributed by atoms with Gasteiger partial charge in [-0.2, -0.15) is 5.26 Å². The van der Waals surface area contributed by atoms with E-state index in [-0.39, 0.29) is 11.3 Å². The number of nitriles is 1. The van der Waals surface area contributed by atoms with Crippen LogP contribution in [0.25, 0.3) is 0 Å². The maximum atomic E-state index is 13.4. The highest BCUT2D eigenvalue weighted by Crippen LogP contribution is 2.32. The molecule has 0 fully saturated rings. The molecule has 0 bridgehead atoms. The van der Waals surface area contributed by atoms with Gasteiger partial charge in [0.05, 0.1) is 13.7 Å². The van der Waals surface area contributed by atoms with E-state index in [9.17, 15) is 4.39 Å². The topological polar surface area (TPSA) is 51.5 Å². The highest BCUT2D eigenvalue weighted by Gasteiger charge is 2.20. The molecule has 1 aromatic carbocycles. The van der Waals surface area contributed by atoms with Gasteiger partial charge in [-0.05, 0) is 12.1 Å². The van der Waals surface area contributed by atoms with Crippen LogP contribution in [0.1, 0.15) is 17.2 Å². The first-order valence-corrected chi connectivity index (χ1v) is 4.97. The first kappa shape index (κ1) is 13.4. The molecule has 0 aliphatic heterocycles. The highest BCUT2D eigenvalue weighted by atomic mass is 19.1. The molecule has 1 aromatic rings. The Balaban J connectivity index is 3.28. The second-order valence-corrected chi connectivity index (χ2v) is 3.34. The van der Waals surface area contributed by atoms with Crippen molar-refractivity contribution in [1.82, 2.24) is 0 Å². The Kier molecular flexibility index (Phi) is 4.88. The van der Waals surface area contributed by atoms with Crippen molar-refractivity contribution in [2.24, 2.45) is 0 Å². The largest absolute Gasteiger partial charge is 0.495 e. The number of hydrogen-bond acceptors (Lipinski definition) is 4. The van der Waals surface area contributed by atoms with Crippen LogP contribution in [0.5, 0.6) is 5.75 Å². The third kappa shape index (κ3) is 2.73. The van der Waals surface area contributed by atoms with Gasteiger partial charge < -0.3 is 14.2 Å². The Morgan fingerprint density at radius 3 is 2.53 bits per heavy atom. The van der Waals surface area contributed by atoms with Gasteiger partial charge >= 0.3 is 0 Å². The molecule has 0 aliphatic carbocycles. The monoisotopic (exact) mass is 239 g/mol. The van der Waals surface area contributed by atoms with Gasteiger partial charge in [-0.15, -0.1) is 0 Å². The second-order valence-electron chi connectivity index (χ2n) is 3.34. The molecule has 5 heteroatoms. The molecule has 4 nitrogen and oxygen atoms in total. The molecule has 0 saturated heterocycles. The maximum Gasteiger partial charge on any atom is 0.145 e. The summed E-state index contributed by atoms with van der Waals surface area (Å²) in [5.41, 5.74) is 0.470. The van der Waals surface area contributed by atoms with Crippen molar-refractivity contribution >= 4 is 0 Å². The molecule has 0 aliphatic rings. The fourth-order valence-corrected chi connectivity index (χ4v) is 1.59. The fourth-order valence-electron chi connectivity index (χ4n) is 1.59. The number of ether oxygens (including phenoxy) is 3. The molecule has 0 spiro atoms. The Morgan fingerprint density at radius 2 is 2.06 bits per heavy atom. The lowest BCUT2D eigenvalue weighted by atomic mass is 10.0.